The average Bonchev–Trinajstić information content (AvgIpc) is 3.08. The monoisotopic (exact) mass is 399 g/mol. The number of hydrogen-bond acceptors (Lipinski definition) is 2. The number of para-hydroxylation sites is 1. The highest BCUT2D eigenvalue weighted by atomic mass is 19.4. The normalized spacial score (nSPS) is 18.4. The summed E-state index contributed by atoms with van der Waals surface area (Å²) in [6.45, 7) is 3.77. The van der Waals surface area contributed by atoms with Gasteiger partial charge in [-0.25, -0.2) is 4.98 Å². The molecular formula is C23H24F3N3. The lowest BCUT2D eigenvalue weighted by molar-refractivity contribution is -0.137. The van der Waals surface area contributed by atoms with E-state index in [2.05, 4.69) is 27.7 Å². The Labute approximate surface area is 168 Å². The van der Waals surface area contributed by atoms with E-state index in [1.54, 1.807) is 12.1 Å². The number of likely N-dealkylation sites (tertiary alicyclic amines) is 1. The Morgan fingerprint density at radius 2 is 1.72 bits per heavy atom. The fourth-order valence-corrected chi connectivity index (χ4v) is 4.87. The van der Waals surface area contributed by atoms with E-state index in [0.29, 0.717) is 5.92 Å². The van der Waals surface area contributed by atoms with Crippen molar-refractivity contribution < 1.29 is 13.2 Å². The van der Waals surface area contributed by atoms with Crippen LogP contribution < -0.4 is 0 Å². The minimum Gasteiger partial charge on any atom is -0.327 e. The van der Waals surface area contributed by atoms with Gasteiger partial charge in [0, 0.05) is 6.54 Å². The molecule has 0 N–H and O–H groups in total. The topological polar surface area (TPSA) is 21.1 Å². The van der Waals surface area contributed by atoms with Crippen LogP contribution in [0.5, 0.6) is 0 Å². The molecule has 152 valence electrons. The maximum absolute atomic E-state index is 12.8. The molecule has 29 heavy (non-hydrogen) atoms. The predicted molar refractivity (Wildman–Crippen MR) is 107 cm³/mol. The van der Waals surface area contributed by atoms with Gasteiger partial charge in [-0.2, -0.15) is 13.2 Å². The van der Waals surface area contributed by atoms with E-state index in [1.165, 1.54) is 23.2 Å². The molecule has 5 rings (SSSR count). The fourth-order valence-electron chi connectivity index (χ4n) is 4.87. The first kappa shape index (κ1) is 18.7. The summed E-state index contributed by atoms with van der Waals surface area (Å²) in [7, 11) is 0. The van der Waals surface area contributed by atoms with Gasteiger partial charge in [0.15, 0.2) is 0 Å². The van der Waals surface area contributed by atoms with Crippen molar-refractivity contribution in [1.82, 2.24) is 14.5 Å². The number of aryl methyl sites for hydroxylation is 2. The molecular weight excluding hydrogens is 375 g/mol. The lowest BCUT2D eigenvalue weighted by Gasteiger charge is -2.32. The van der Waals surface area contributed by atoms with Crippen LogP contribution in [0.1, 0.15) is 47.7 Å². The third kappa shape index (κ3) is 3.54. The summed E-state index contributed by atoms with van der Waals surface area (Å²) in [4.78, 5) is 7.33. The van der Waals surface area contributed by atoms with Crippen molar-refractivity contribution in [3.8, 4) is 0 Å². The molecule has 3 aromatic rings. The molecule has 3 nitrogen and oxygen atoms in total. The van der Waals surface area contributed by atoms with Gasteiger partial charge in [0.1, 0.15) is 5.82 Å². The smallest absolute Gasteiger partial charge is 0.327 e. The quantitative estimate of drug-likeness (QED) is 0.590. The summed E-state index contributed by atoms with van der Waals surface area (Å²) in [5, 5.41) is 0. The van der Waals surface area contributed by atoms with Crippen LogP contribution in [-0.4, -0.2) is 27.5 Å². The number of piperidine rings is 1. The Hall–Kier alpha value is -2.34. The molecule has 0 saturated carbocycles. The highest BCUT2D eigenvalue weighted by Crippen LogP contribution is 2.33. The fraction of sp³-hybridized carbons (Fsp3) is 0.435. The highest BCUT2D eigenvalue weighted by Gasteiger charge is 2.30. The number of rotatable bonds is 3. The lowest BCUT2D eigenvalue weighted by atomic mass is 9.89. The van der Waals surface area contributed by atoms with Crippen LogP contribution in [0.2, 0.25) is 0 Å². The van der Waals surface area contributed by atoms with Crippen LogP contribution in [-0.2, 0) is 25.7 Å². The Morgan fingerprint density at radius 3 is 2.45 bits per heavy atom. The molecule has 0 radical (unpaired) electrons. The molecule has 0 aliphatic carbocycles. The molecule has 0 spiro atoms. The third-order valence-corrected chi connectivity index (χ3v) is 6.42. The molecule has 1 saturated heterocycles. The van der Waals surface area contributed by atoms with Crippen LogP contribution >= 0.6 is 0 Å². The standard InChI is InChI=1S/C23H24F3N3/c24-23(25,26)19-8-6-16(7-9-19)17-10-13-28(14-11-17)15-21-27-20-5-1-3-18-4-2-12-29(21)22(18)20/h1,3,5-9,17H,2,4,10-15H2. The van der Waals surface area contributed by atoms with Gasteiger partial charge in [-0.3, -0.25) is 4.90 Å². The number of benzene rings is 2. The van der Waals surface area contributed by atoms with Crippen molar-refractivity contribution in [3.05, 3.63) is 65.0 Å². The van der Waals surface area contributed by atoms with Crippen molar-refractivity contribution in [2.24, 2.45) is 0 Å². The summed E-state index contributed by atoms with van der Waals surface area (Å²) >= 11 is 0. The van der Waals surface area contributed by atoms with E-state index >= 15 is 0 Å². The molecule has 2 aliphatic rings. The first-order valence-electron chi connectivity index (χ1n) is 10.4. The van der Waals surface area contributed by atoms with Crippen molar-refractivity contribution in [1.29, 1.82) is 0 Å². The Morgan fingerprint density at radius 1 is 0.966 bits per heavy atom. The molecule has 0 atom stereocenters. The second-order valence-electron chi connectivity index (χ2n) is 8.24. The summed E-state index contributed by atoms with van der Waals surface area (Å²) < 4.78 is 40.7. The van der Waals surface area contributed by atoms with Crippen LogP contribution in [0.3, 0.4) is 0 Å². The molecule has 3 heterocycles. The summed E-state index contributed by atoms with van der Waals surface area (Å²) in [6.07, 6.45) is -0.0457. The summed E-state index contributed by atoms with van der Waals surface area (Å²) in [6, 6.07) is 12.1. The molecule has 0 bridgehead atoms. The van der Waals surface area contributed by atoms with Crippen LogP contribution in [0, 0.1) is 0 Å². The summed E-state index contributed by atoms with van der Waals surface area (Å²) in [5.74, 6) is 1.47. The van der Waals surface area contributed by atoms with Crippen LogP contribution in [0.15, 0.2) is 42.5 Å². The van der Waals surface area contributed by atoms with Crippen LogP contribution in [0.25, 0.3) is 11.0 Å². The third-order valence-electron chi connectivity index (χ3n) is 6.42. The van der Waals surface area contributed by atoms with Gasteiger partial charge in [-0.05, 0) is 74.0 Å². The molecule has 1 fully saturated rings. The van der Waals surface area contributed by atoms with E-state index in [4.69, 9.17) is 4.98 Å². The number of aromatic nitrogens is 2. The molecule has 1 aromatic heterocycles. The van der Waals surface area contributed by atoms with Gasteiger partial charge in [0.05, 0.1) is 23.1 Å². The second kappa shape index (κ2) is 7.17. The van der Waals surface area contributed by atoms with Gasteiger partial charge in [0.25, 0.3) is 0 Å². The van der Waals surface area contributed by atoms with Crippen LogP contribution in [0.4, 0.5) is 13.2 Å². The second-order valence-corrected chi connectivity index (χ2v) is 8.24. The molecule has 6 heteroatoms. The van der Waals surface area contributed by atoms with Crippen molar-refractivity contribution >= 4 is 11.0 Å². The predicted octanol–water partition coefficient (Wildman–Crippen LogP) is 5.38. The SMILES string of the molecule is FC(F)(F)c1ccc(C2CCN(Cc3nc4cccc5c4n3CCC5)CC2)cc1. The first-order valence-corrected chi connectivity index (χ1v) is 10.4. The Bertz CT molecular complexity index is 1010. The number of alkyl halides is 3. The van der Waals surface area contributed by atoms with E-state index in [-0.39, 0.29) is 0 Å². The summed E-state index contributed by atoms with van der Waals surface area (Å²) in [5.41, 5.74) is 4.24. The van der Waals surface area contributed by atoms with Gasteiger partial charge < -0.3 is 4.57 Å². The average molecular weight is 399 g/mol. The Balaban J connectivity index is 1.26. The molecule has 0 amide bonds. The van der Waals surface area contributed by atoms with E-state index in [0.717, 1.165) is 68.8 Å². The number of imidazole rings is 1. The molecule has 2 aromatic carbocycles. The Kier molecular flexibility index (Phi) is 4.62. The molecule has 2 aliphatic heterocycles. The van der Waals surface area contributed by atoms with Gasteiger partial charge in [-0.1, -0.05) is 24.3 Å². The molecule has 0 unspecified atom stereocenters. The van der Waals surface area contributed by atoms with Gasteiger partial charge in [0.2, 0.25) is 0 Å². The van der Waals surface area contributed by atoms with E-state index in [9.17, 15) is 13.2 Å². The zero-order valence-electron chi connectivity index (χ0n) is 16.3. The maximum atomic E-state index is 12.8. The minimum atomic E-state index is -4.27. The van der Waals surface area contributed by atoms with E-state index in [1.807, 2.05) is 0 Å². The van der Waals surface area contributed by atoms with Crippen molar-refractivity contribution in [2.45, 2.75) is 50.9 Å². The highest BCUT2D eigenvalue weighted by molar-refractivity contribution is 5.80. The number of nitrogens with zero attached hydrogens (tertiary/aromatic N) is 3. The zero-order chi connectivity index (χ0) is 20.0. The zero-order valence-corrected chi connectivity index (χ0v) is 16.3. The largest absolute Gasteiger partial charge is 0.416 e. The van der Waals surface area contributed by atoms with E-state index < -0.39 is 11.7 Å². The maximum Gasteiger partial charge on any atom is 0.416 e. The van der Waals surface area contributed by atoms with Gasteiger partial charge in [-0.15, -0.1) is 0 Å². The van der Waals surface area contributed by atoms with Gasteiger partial charge >= 0.3 is 6.18 Å². The number of halogens is 3. The number of hydrogen-bond donors (Lipinski definition) is 0. The minimum absolute atomic E-state index is 0.331. The van der Waals surface area contributed by atoms with Crippen molar-refractivity contribution in [2.75, 3.05) is 13.1 Å². The van der Waals surface area contributed by atoms with Crippen molar-refractivity contribution in [3.63, 3.8) is 0 Å². The lowest BCUT2D eigenvalue weighted by Crippen LogP contribution is -2.33. The first-order chi connectivity index (χ1) is 14.0.